The summed E-state index contributed by atoms with van der Waals surface area (Å²) in [6.45, 7) is 3.88. The summed E-state index contributed by atoms with van der Waals surface area (Å²) < 4.78 is 2.77. The van der Waals surface area contributed by atoms with Crippen LogP contribution in [0, 0.1) is 0 Å². The predicted octanol–water partition coefficient (Wildman–Crippen LogP) is 1.78. The molecule has 2 heterocycles. The lowest BCUT2D eigenvalue weighted by Gasteiger charge is -2.15. The normalized spacial score (nSPS) is 12.1. The molecule has 0 bridgehead atoms. The molecule has 4 rings (SSSR count). The standard InChI is InChI=1S/C21H20N6O3/c1-3-26-20(29)17-9-6-15(10-18(17)25-21(26)30)19(28)24-13(2)14-4-7-16(8-5-14)27-12-22-11-23-27/h4-13H,3H2,1-2H3,(H,24,28)(H,25,30). The number of carbonyl (C=O) groups excluding carboxylic acids is 1. The predicted molar refractivity (Wildman–Crippen MR) is 112 cm³/mol. The van der Waals surface area contributed by atoms with Gasteiger partial charge >= 0.3 is 5.69 Å². The first kappa shape index (κ1) is 19.3. The van der Waals surface area contributed by atoms with Gasteiger partial charge in [0.15, 0.2) is 0 Å². The van der Waals surface area contributed by atoms with Crippen molar-refractivity contribution in [1.82, 2.24) is 29.6 Å². The van der Waals surface area contributed by atoms with Crippen molar-refractivity contribution in [3.63, 3.8) is 0 Å². The second-order valence-electron chi connectivity index (χ2n) is 6.87. The fraction of sp³-hybridized carbons (Fsp3) is 0.190. The zero-order valence-corrected chi connectivity index (χ0v) is 16.5. The maximum Gasteiger partial charge on any atom is 0.328 e. The SMILES string of the molecule is CCn1c(=O)[nH]c2cc(C(=O)NC(C)c3ccc(-n4cncn4)cc3)ccc2c1=O. The van der Waals surface area contributed by atoms with Crippen LogP contribution in [0.15, 0.2) is 64.7 Å². The average Bonchev–Trinajstić information content (AvgIpc) is 3.28. The third kappa shape index (κ3) is 3.52. The Labute approximate surface area is 171 Å². The van der Waals surface area contributed by atoms with Crippen LogP contribution in [0.25, 0.3) is 16.6 Å². The number of carbonyl (C=O) groups is 1. The molecule has 152 valence electrons. The fourth-order valence-corrected chi connectivity index (χ4v) is 3.30. The van der Waals surface area contributed by atoms with Gasteiger partial charge in [-0.15, -0.1) is 0 Å². The van der Waals surface area contributed by atoms with E-state index in [1.54, 1.807) is 30.1 Å². The summed E-state index contributed by atoms with van der Waals surface area (Å²) in [5.41, 5.74) is 1.63. The highest BCUT2D eigenvalue weighted by molar-refractivity contribution is 5.97. The molecule has 0 saturated carbocycles. The van der Waals surface area contributed by atoms with Crippen molar-refractivity contribution < 1.29 is 4.79 Å². The number of aromatic amines is 1. The molecule has 0 radical (unpaired) electrons. The molecule has 9 heteroatoms. The number of benzene rings is 2. The van der Waals surface area contributed by atoms with Crippen molar-refractivity contribution in [2.24, 2.45) is 0 Å². The van der Waals surface area contributed by atoms with Crippen molar-refractivity contribution in [2.75, 3.05) is 0 Å². The quantitative estimate of drug-likeness (QED) is 0.526. The maximum absolute atomic E-state index is 12.7. The third-order valence-corrected chi connectivity index (χ3v) is 4.98. The van der Waals surface area contributed by atoms with Gasteiger partial charge in [0, 0.05) is 12.1 Å². The zero-order valence-electron chi connectivity index (χ0n) is 16.5. The molecule has 0 aliphatic rings. The van der Waals surface area contributed by atoms with Gasteiger partial charge in [-0.3, -0.25) is 14.2 Å². The van der Waals surface area contributed by atoms with Crippen LogP contribution in [-0.2, 0) is 6.54 Å². The Morgan fingerprint density at radius 2 is 1.93 bits per heavy atom. The van der Waals surface area contributed by atoms with E-state index in [0.29, 0.717) is 16.5 Å². The summed E-state index contributed by atoms with van der Waals surface area (Å²) in [6, 6.07) is 12.0. The molecule has 1 amide bonds. The van der Waals surface area contributed by atoms with Crippen LogP contribution in [-0.4, -0.2) is 30.2 Å². The molecule has 2 N–H and O–H groups in total. The highest BCUT2D eigenvalue weighted by atomic mass is 16.2. The van der Waals surface area contributed by atoms with Gasteiger partial charge in [0.25, 0.3) is 11.5 Å². The van der Waals surface area contributed by atoms with Gasteiger partial charge in [0.05, 0.1) is 22.6 Å². The lowest BCUT2D eigenvalue weighted by atomic mass is 10.1. The van der Waals surface area contributed by atoms with E-state index < -0.39 is 5.69 Å². The van der Waals surface area contributed by atoms with Crippen molar-refractivity contribution in [3.05, 3.63) is 87.1 Å². The summed E-state index contributed by atoms with van der Waals surface area (Å²) >= 11 is 0. The largest absolute Gasteiger partial charge is 0.346 e. The van der Waals surface area contributed by atoms with Gasteiger partial charge in [-0.1, -0.05) is 12.1 Å². The van der Waals surface area contributed by atoms with Crippen LogP contribution in [0.1, 0.15) is 35.8 Å². The third-order valence-electron chi connectivity index (χ3n) is 4.98. The molecule has 2 aromatic carbocycles. The lowest BCUT2D eigenvalue weighted by Crippen LogP contribution is -2.34. The van der Waals surface area contributed by atoms with Crippen molar-refractivity contribution in [2.45, 2.75) is 26.4 Å². The Morgan fingerprint density at radius 3 is 2.60 bits per heavy atom. The molecule has 0 aliphatic heterocycles. The monoisotopic (exact) mass is 404 g/mol. The van der Waals surface area contributed by atoms with Gasteiger partial charge in [-0.2, -0.15) is 5.10 Å². The highest BCUT2D eigenvalue weighted by Gasteiger charge is 2.14. The van der Waals surface area contributed by atoms with Crippen LogP contribution in [0.2, 0.25) is 0 Å². The second-order valence-corrected chi connectivity index (χ2v) is 6.87. The Balaban J connectivity index is 1.55. The van der Waals surface area contributed by atoms with E-state index in [2.05, 4.69) is 20.4 Å². The molecular weight excluding hydrogens is 384 g/mol. The molecule has 2 aromatic heterocycles. The molecule has 9 nitrogen and oxygen atoms in total. The van der Waals surface area contributed by atoms with Crippen molar-refractivity contribution in [1.29, 1.82) is 0 Å². The molecule has 0 saturated heterocycles. The smallest absolute Gasteiger partial charge is 0.328 e. The maximum atomic E-state index is 12.7. The van der Waals surface area contributed by atoms with E-state index in [1.807, 2.05) is 31.2 Å². The molecule has 1 atom stereocenters. The molecular formula is C21H20N6O3. The Bertz CT molecular complexity index is 1320. The summed E-state index contributed by atoms with van der Waals surface area (Å²) in [4.78, 5) is 43.7. The minimum Gasteiger partial charge on any atom is -0.346 e. The van der Waals surface area contributed by atoms with Crippen LogP contribution < -0.4 is 16.6 Å². The molecule has 30 heavy (non-hydrogen) atoms. The van der Waals surface area contributed by atoms with Crippen LogP contribution >= 0.6 is 0 Å². The summed E-state index contributed by atoms with van der Waals surface area (Å²) in [6.07, 6.45) is 3.07. The number of amides is 1. The number of H-pyrrole nitrogens is 1. The number of nitrogens with one attached hydrogen (secondary N) is 2. The molecule has 0 spiro atoms. The Hall–Kier alpha value is -4.01. The van der Waals surface area contributed by atoms with Crippen LogP contribution in [0.5, 0.6) is 0 Å². The molecule has 1 unspecified atom stereocenters. The van der Waals surface area contributed by atoms with E-state index >= 15 is 0 Å². The first-order valence-electron chi connectivity index (χ1n) is 9.50. The number of hydrogen-bond acceptors (Lipinski definition) is 5. The Morgan fingerprint density at radius 1 is 1.17 bits per heavy atom. The number of hydrogen-bond donors (Lipinski definition) is 2. The Kier molecular flexibility index (Phi) is 5.01. The van der Waals surface area contributed by atoms with Crippen molar-refractivity contribution in [3.8, 4) is 5.69 Å². The summed E-state index contributed by atoms with van der Waals surface area (Å²) in [5, 5.41) is 7.38. The molecule has 4 aromatic rings. The van der Waals surface area contributed by atoms with Gasteiger partial charge in [-0.25, -0.2) is 14.5 Å². The molecule has 0 fully saturated rings. The minimum atomic E-state index is -0.492. The van der Waals surface area contributed by atoms with Gasteiger partial charge in [-0.05, 0) is 49.7 Å². The topological polar surface area (TPSA) is 115 Å². The van der Waals surface area contributed by atoms with E-state index in [0.717, 1.165) is 15.8 Å². The van der Waals surface area contributed by atoms with E-state index in [9.17, 15) is 14.4 Å². The fourth-order valence-electron chi connectivity index (χ4n) is 3.30. The zero-order chi connectivity index (χ0) is 21.3. The number of rotatable bonds is 5. The molecule has 0 aliphatic carbocycles. The van der Waals surface area contributed by atoms with E-state index in [-0.39, 0.29) is 24.1 Å². The lowest BCUT2D eigenvalue weighted by molar-refractivity contribution is 0.0940. The van der Waals surface area contributed by atoms with Gasteiger partial charge in [0.2, 0.25) is 0 Å². The number of aromatic nitrogens is 5. The minimum absolute atomic E-state index is 0.245. The van der Waals surface area contributed by atoms with Crippen LogP contribution in [0.4, 0.5) is 0 Å². The number of fused-ring (bicyclic) bond motifs is 1. The van der Waals surface area contributed by atoms with Gasteiger partial charge in [0.1, 0.15) is 12.7 Å². The first-order valence-corrected chi connectivity index (χ1v) is 9.50. The summed E-state index contributed by atoms with van der Waals surface area (Å²) in [7, 11) is 0. The summed E-state index contributed by atoms with van der Waals surface area (Å²) in [5.74, 6) is -0.301. The first-order chi connectivity index (χ1) is 14.5. The number of nitrogens with zero attached hydrogens (tertiary/aromatic N) is 4. The van der Waals surface area contributed by atoms with Gasteiger partial charge < -0.3 is 10.3 Å². The highest BCUT2D eigenvalue weighted by Crippen LogP contribution is 2.17. The average molecular weight is 404 g/mol. The van der Waals surface area contributed by atoms with E-state index in [1.165, 1.54) is 12.4 Å². The van der Waals surface area contributed by atoms with Crippen molar-refractivity contribution >= 4 is 16.8 Å². The second kappa shape index (κ2) is 7.78. The van der Waals surface area contributed by atoms with E-state index in [4.69, 9.17) is 0 Å². The van der Waals surface area contributed by atoms with Crippen LogP contribution in [0.3, 0.4) is 0 Å².